The average Bonchev–Trinajstić information content (AvgIpc) is 3.34. The summed E-state index contributed by atoms with van der Waals surface area (Å²) in [6.45, 7) is 0. The Labute approximate surface area is 162 Å². The molecule has 3 N–H and O–H groups in total. The summed E-state index contributed by atoms with van der Waals surface area (Å²) < 4.78 is 13.2. The fourth-order valence-electron chi connectivity index (χ4n) is 3.37. The van der Waals surface area contributed by atoms with Crippen molar-refractivity contribution in [3.8, 4) is 17.2 Å². The molecule has 1 saturated heterocycles. The van der Waals surface area contributed by atoms with Gasteiger partial charge in [-0.3, -0.25) is 9.67 Å². The molecular weight excluding hydrogens is 362 g/mol. The number of rotatable bonds is 5. The van der Waals surface area contributed by atoms with Gasteiger partial charge in [0.1, 0.15) is 11.5 Å². The van der Waals surface area contributed by atoms with Gasteiger partial charge in [-0.15, -0.1) is 0 Å². The van der Waals surface area contributed by atoms with E-state index in [-0.39, 0.29) is 12.1 Å². The Morgan fingerprint density at radius 1 is 1.00 bits per heavy atom. The first-order valence-corrected chi connectivity index (χ1v) is 9.08. The first kappa shape index (κ1) is 17.7. The summed E-state index contributed by atoms with van der Waals surface area (Å²) in [4.78, 5) is 0. The van der Waals surface area contributed by atoms with Gasteiger partial charge < -0.3 is 9.47 Å². The summed E-state index contributed by atoms with van der Waals surface area (Å²) in [5, 5.41) is 7.38. The Bertz CT molecular complexity index is 982. The predicted molar refractivity (Wildman–Crippen MR) is 105 cm³/mol. The molecule has 1 aliphatic rings. The van der Waals surface area contributed by atoms with Gasteiger partial charge in [-0.1, -0.05) is 24.3 Å². The molecule has 7 nitrogen and oxygen atoms in total. The lowest BCUT2D eigenvalue weighted by Gasteiger charge is -2.14. The number of hydrogen-bond acceptors (Lipinski definition) is 6. The lowest BCUT2D eigenvalue weighted by molar-refractivity contribution is 0.411. The first-order chi connectivity index (χ1) is 13.2. The van der Waals surface area contributed by atoms with E-state index in [1.165, 1.54) is 5.56 Å². The van der Waals surface area contributed by atoms with Crippen molar-refractivity contribution < 1.29 is 9.47 Å². The van der Waals surface area contributed by atoms with Crippen LogP contribution in [0.15, 0.2) is 48.5 Å². The van der Waals surface area contributed by atoms with Crippen molar-refractivity contribution in [1.82, 2.24) is 25.6 Å². The molecule has 0 bridgehead atoms. The van der Waals surface area contributed by atoms with Crippen LogP contribution in [0.3, 0.4) is 0 Å². The number of para-hydroxylation sites is 2. The first-order valence-electron chi connectivity index (χ1n) is 8.67. The summed E-state index contributed by atoms with van der Waals surface area (Å²) in [5.74, 6) is 2.40. The van der Waals surface area contributed by atoms with E-state index >= 15 is 0 Å². The normalized spacial score (nSPS) is 19.2. The van der Waals surface area contributed by atoms with E-state index in [1.54, 1.807) is 14.2 Å². The highest BCUT2D eigenvalue weighted by Gasteiger charge is 2.30. The minimum absolute atomic E-state index is 0.00466. The Kier molecular flexibility index (Phi) is 4.93. The molecule has 27 heavy (non-hydrogen) atoms. The molecule has 1 aliphatic heterocycles. The van der Waals surface area contributed by atoms with E-state index < -0.39 is 0 Å². The summed E-state index contributed by atoms with van der Waals surface area (Å²) in [7, 11) is 3.32. The van der Waals surface area contributed by atoms with Crippen molar-refractivity contribution in [3.63, 3.8) is 0 Å². The van der Waals surface area contributed by atoms with Crippen molar-refractivity contribution in [3.05, 3.63) is 64.7 Å². The molecule has 0 saturated carbocycles. The van der Waals surface area contributed by atoms with E-state index in [0.717, 1.165) is 29.4 Å². The molecule has 1 fully saturated rings. The second-order valence-electron chi connectivity index (χ2n) is 6.30. The molecule has 0 amide bonds. The van der Waals surface area contributed by atoms with Crippen molar-refractivity contribution in [2.75, 3.05) is 14.2 Å². The maximum Gasteiger partial charge on any atom is 0.200 e. The highest BCUT2D eigenvalue weighted by molar-refractivity contribution is 7.71. The second kappa shape index (κ2) is 7.51. The van der Waals surface area contributed by atoms with Gasteiger partial charge in [-0.2, -0.15) is 5.10 Å². The van der Waals surface area contributed by atoms with E-state index in [2.05, 4.69) is 33.2 Å². The number of H-pyrrole nitrogens is 1. The molecule has 4 rings (SSSR count). The predicted octanol–water partition coefficient (Wildman–Crippen LogP) is 3.23. The number of aromatic amines is 1. The van der Waals surface area contributed by atoms with Crippen LogP contribution in [0.5, 0.6) is 11.5 Å². The van der Waals surface area contributed by atoms with Gasteiger partial charge in [-0.25, -0.2) is 10.9 Å². The zero-order chi connectivity index (χ0) is 18.8. The van der Waals surface area contributed by atoms with Gasteiger partial charge >= 0.3 is 0 Å². The molecule has 8 heteroatoms. The van der Waals surface area contributed by atoms with E-state index in [0.29, 0.717) is 4.77 Å². The largest absolute Gasteiger partial charge is 0.497 e. The number of nitrogens with one attached hydrogen (secondary N) is 3. The van der Waals surface area contributed by atoms with Gasteiger partial charge in [0, 0.05) is 6.04 Å². The molecule has 140 valence electrons. The van der Waals surface area contributed by atoms with Crippen LogP contribution in [0.1, 0.15) is 29.9 Å². The highest BCUT2D eigenvalue weighted by Crippen LogP contribution is 2.33. The van der Waals surface area contributed by atoms with E-state index in [9.17, 15) is 0 Å². The van der Waals surface area contributed by atoms with Crippen molar-refractivity contribution in [2.45, 2.75) is 18.5 Å². The van der Waals surface area contributed by atoms with Crippen LogP contribution < -0.4 is 20.3 Å². The monoisotopic (exact) mass is 383 g/mol. The van der Waals surface area contributed by atoms with Crippen LogP contribution in [0.4, 0.5) is 0 Å². The van der Waals surface area contributed by atoms with Gasteiger partial charge in [-0.05, 0) is 48.5 Å². The van der Waals surface area contributed by atoms with Gasteiger partial charge in [0.15, 0.2) is 10.6 Å². The lowest BCUT2D eigenvalue weighted by Crippen LogP contribution is -2.28. The van der Waals surface area contributed by atoms with Crippen LogP contribution >= 0.6 is 12.2 Å². The Morgan fingerprint density at radius 3 is 2.48 bits per heavy atom. The maximum absolute atomic E-state index is 5.50. The number of aromatic nitrogens is 3. The molecule has 2 atom stereocenters. The standard InChI is InChI=1S/C19H21N5O2S/c1-25-13-9-7-12(8-10-13)14-11-15(21-20-14)18-22-23-19(27)24(18)16-5-3-4-6-17(16)26-2/h3-10,14-15,20-21H,11H2,1-2H3,(H,23,27). The molecule has 2 aromatic carbocycles. The molecular formula is C19H21N5O2S. The number of methoxy groups -OCH3 is 2. The topological polar surface area (TPSA) is 76.1 Å². The summed E-state index contributed by atoms with van der Waals surface area (Å²) in [6.07, 6.45) is 0.834. The number of ether oxygens (including phenoxy) is 2. The SMILES string of the molecule is COc1ccc(C2CC(c3n[nH]c(=S)n3-c3ccccc3OC)NN2)cc1. The fraction of sp³-hybridized carbons (Fsp3) is 0.263. The van der Waals surface area contributed by atoms with Crippen molar-refractivity contribution in [2.24, 2.45) is 0 Å². The Hall–Kier alpha value is -2.68. The van der Waals surface area contributed by atoms with Crippen LogP contribution in [0.25, 0.3) is 5.69 Å². The molecule has 0 radical (unpaired) electrons. The summed E-state index contributed by atoms with van der Waals surface area (Å²) in [6, 6.07) is 16.0. The average molecular weight is 383 g/mol. The van der Waals surface area contributed by atoms with Crippen LogP contribution in [0, 0.1) is 4.77 Å². The van der Waals surface area contributed by atoms with Gasteiger partial charge in [0.2, 0.25) is 0 Å². The highest BCUT2D eigenvalue weighted by atomic mass is 32.1. The minimum Gasteiger partial charge on any atom is -0.497 e. The zero-order valence-electron chi connectivity index (χ0n) is 15.1. The quantitative estimate of drug-likeness (QED) is 0.588. The molecule has 0 spiro atoms. The molecule has 3 aromatic rings. The lowest BCUT2D eigenvalue weighted by atomic mass is 10.0. The van der Waals surface area contributed by atoms with Crippen LogP contribution in [-0.2, 0) is 0 Å². The molecule has 2 unspecified atom stereocenters. The molecule has 0 aliphatic carbocycles. The minimum atomic E-state index is -0.00466. The third-order valence-electron chi connectivity index (χ3n) is 4.76. The van der Waals surface area contributed by atoms with Crippen molar-refractivity contribution >= 4 is 12.2 Å². The summed E-state index contributed by atoms with van der Waals surface area (Å²) >= 11 is 5.48. The van der Waals surface area contributed by atoms with Crippen LogP contribution in [-0.4, -0.2) is 29.0 Å². The maximum atomic E-state index is 5.50. The second-order valence-corrected chi connectivity index (χ2v) is 6.68. The number of hydrogen-bond donors (Lipinski definition) is 3. The van der Waals surface area contributed by atoms with Crippen LogP contribution in [0.2, 0.25) is 0 Å². The number of benzene rings is 2. The van der Waals surface area contributed by atoms with E-state index in [1.807, 2.05) is 41.0 Å². The number of nitrogens with zero attached hydrogens (tertiary/aromatic N) is 2. The van der Waals surface area contributed by atoms with Crippen molar-refractivity contribution in [1.29, 1.82) is 0 Å². The summed E-state index contributed by atoms with van der Waals surface area (Å²) in [5.41, 5.74) is 8.74. The van der Waals surface area contributed by atoms with Gasteiger partial charge in [0.25, 0.3) is 0 Å². The molecule has 2 heterocycles. The van der Waals surface area contributed by atoms with Gasteiger partial charge in [0.05, 0.1) is 25.9 Å². The smallest absolute Gasteiger partial charge is 0.200 e. The number of hydrazine groups is 1. The molecule has 1 aromatic heterocycles. The third kappa shape index (κ3) is 3.34. The third-order valence-corrected chi connectivity index (χ3v) is 5.03. The Balaban J connectivity index is 1.63. The zero-order valence-corrected chi connectivity index (χ0v) is 15.9. The fourth-order valence-corrected chi connectivity index (χ4v) is 3.61. The van der Waals surface area contributed by atoms with E-state index in [4.69, 9.17) is 21.7 Å². The Morgan fingerprint density at radius 2 is 1.74 bits per heavy atom.